The summed E-state index contributed by atoms with van der Waals surface area (Å²) in [5, 5.41) is 17.2. The van der Waals surface area contributed by atoms with Gasteiger partial charge in [-0.15, -0.1) is 0 Å². The maximum atomic E-state index is 9.99. The maximum Gasteiger partial charge on any atom is 0.141 e. The van der Waals surface area contributed by atoms with Crippen molar-refractivity contribution in [3.63, 3.8) is 0 Å². The molecule has 1 heterocycles. The average Bonchev–Trinajstić information content (AvgIpc) is 2.77. The molecule has 1 aliphatic rings. The van der Waals surface area contributed by atoms with E-state index >= 15 is 0 Å². The molecule has 3 nitrogen and oxygen atoms in total. The van der Waals surface area contributed by atoms with Crippen LogP contribution in [0.25, 0.3) is 0 Å². The second-order valence-corrected chi connectivity index (χ2v) is 4.94. The van der Waals surface area contributed by atoms with Crippen LogP contribution in [-0.2, 0) is 0 Å². The largest absolute Gasteiger partial charge is 0.506 e. The number of aromatic hydroxyl groups is 1. The summed E-state index contributed by atoms with van der Waals surface area (Å²) in [6, 6.07) is 11.0. The summed E-state index contributed by atoms with van der Waals surface area (Å²) in [4.78, 5) is 0. The van der Waals surface area contributed by atoms with Crippen molar-refractivity contribution in [2.45, 2.75) is 6.17 Å². The third-order valence-corrected chi connectivity index (χ3v) is 3.40. The van der Waals surface area contributed by atoms with Gasteiger partial charge < -0.3 is 15.7 Å². The highest BCUT2D eigenvalue weighted by molar-refractivity contribution is 6.35. The van der Waals surface area contributed by atoms with E-state index in [1.54, 1.807) is 6.07 Å². The molecule has 0 saturated heterocycles. The highest BCUT2D eigenvalue weighted by atomic mass is 35.5. The van der Waals surface area contributed by atoms with Crippen molar-refractivity contribution in [1.82, 2.24) is 0 Å². The fraction of sp³-hybridized carbons (Fsp3) is 0.0769. The van der Waals surface area contributed by atoms with Crippen LogP contribution >= 0.6 is 23.2 Å². The summed E-state index contributed by atoms with van der Waals surface area (Å²) in [5.74, 6) is 0.0406. The van der Waals surface area contributed by atoms with E-state index in [-0.39, 0.29) is 16.9 Å². The minimum absolute atomic E-state index is 0.0406. The van der Waals surface area contributed by atoms with Crippen LogP contribution in [0.15, 0.2) is 36.4 Å². The second kappa shape index (κ2) is 4.26. The molecule has 0 spiro atoms. The van der Waals surface area contributed by atoms with Gasteiger partial charge in [0.2, 0.25) is 0 Å². The number of halogens is 2. The van der Waals surface area contributed by atoms with Crippen LogP contribution in [0.4, 0.5) is 11.4 Å². The Morgan fingerprint density at radius 2 is 1.61 bits per heavy atom. The Morgan fingerprint density at radius 1 is 1.00 bits per heavy atom. The van der Waals surface area contributed by atoms with Crippen molar-refractivity contribution in [1.29, 1.82) is 0 Å². The van der Waals surface area contributed by atoms with E-state index in [4.69, 9.17) is 23.2 Å². The summed E-state index contributed by atoms with van der Waals surface area (Å²) in [6.45, 7) is 0. The molecule has 0 fully saturated rings. The van der Waals surface area contributed by atoms with Gasteiger partial charge in [-0.25, -0.2) is 0 Å². The first-order valence-electron chi connectivity index (χ1n) is 5.45. The van der Waals surface area contributed by atoms with Gasteiger partial charge in [-0.2, -0.15) is 0 Å². The molecule has 18 heavy (non-hydrogen) atoms. The Morgan fingerprint density at radius 3 is 2.22 bits per heavy atom. The molecule has 0 radical (unpaired) electrons. The topological polar surface area (TPSA) is 44.3 Å². The number of rotatable bonds is 1. The summed E-state index contributed by atoms with van der Waals surface area (Å²) in [6.07, 6.45) is -0.237. The Hall–Kier alpha value is -1.58. The van der Waals surface area contributed by atoms with Crippen LogP contribution in [0, 0.1) is 0 Å². The van der Waals surface area contributed by atoms with Crippen molar-refractivity contribution < 1.29 is 5.11 Å². The zero-order valence-corrected chi connectivity index (χ0v) is 10.8. The van der Waals surface area contributed by atoms with E-state index in [0.717, 1.165) is 11.4 Å². The number of phenols is 1. The normalized spacial score (nSPS) is 13.9. The summed E-state index contributed by atoms with van der Waals surface area (Å²) < 4.78 is 0. The standard InChI is InChI=1S/C13H10Cl2N2O/c14-7-5-8(12(18)9(15)6-7)13-16-10-3-1-2-4-11(10)17-13/h1-6,13,16-18H. The van der Waals surface area contributed by atoms with Crippen molar-refractivity contribution >= 4 is 34.6 Å². The predicted octanol–water partition coefficient (Wildman–Crippen LogP) is 4.24. The molecule has 2 aromatic carbocycles. The lowest BCUT2D eigenvalue weighted by molar-refractivity contribution is 0.466. The highest BCUT2D eigenvalue weighted by Crippen LogP contribution is 2.41. The van der Waals surface area contributed by atoms with Crippen LogP contribution in [0.2, 0.25) is 10.0 Å². The Kier molecular flexibility index (Phi) is 2.73. The molecule has 0 amide bonds. The number of hydrogen-bond acceptors (Lipinski definition) is 3. The van der Waals surface area contributed by atoms with Crippen molar-refractivity contribution in [3.05, 3.63) is 52.0 Å². The monoisotopic (exact) mass is 280 g/mol. The Labute approximate surface area is 114 Å². The lowest BCUT2D eigenvalue weighted by Crippen LogP contribution is -2.12. The number of nitrogens with one attached hydrogen (secondary N) is 2. The number of benzene rings is 2. The van der Waals surface area contributed by atoms with Gasteiger partial charge in [-0.05, 0) is 24.3 Å². The first kappa shape index (κ1) is 11.5. The van der Waals surface area contributed by atoms with Gasteiger partial charge in [0, 0.05) is 10.6 Å². The first-order valence-corrected chi connectivity index (χ1v) is 6.21. The molecule has 2 aromatic rings. The molecule has 0 saturated carbocycles. The summed E-state index contributed by atoms with van der Waals surface area (Å²) in [7, 11) is 0. The van der Waals surface area contributed by atoms with Gasteiger partial charge in [0.05, 0.1) is 16.4 Å². The number of para-hydroxylation sites is 2. The molecule has 0 aromatic heterocycles. The third-order valence-electron chi connectivity index (χ3n) is 2.90. The summed E-state index contributed by atoms with van der Waals surface area (Å²) >= 11 is 11.9. The number of anilines is 2. The molecule has 3 rings (SSSR count). The van der Waals surface area contributed by atoms with Gasteiger partial charge in [0.15, 0.2) is 0 Å². The van der Waals surface area contributed by atoms with Crippen molar-refractivity contribution in [3.8, 4) is 5.75 Å². The van der Waals surface area contributed by atoms with E-state index in [1.165, 1.54) is 6.07 Å². The molecule has 5 heteroatoms. The van der Waals surface area contributed by atoms with Crippen LogP contribution in [0.1, 0.15) is 11.7 Å². The molecule has 0 aliphatic carbocycles. The molecular formula is C13H10Cl2N2O. The smallest absolute Gasteiger partial charge is 0.141 e. The average molecular weight is 281 g/mol. The second-order valence-electron chi connectivity index (χ2n) is 4.09. The lowest BCUT2D eigenvalue weighted by Gasteiger charge is -2.15. The van der Waals surface area contributed by atoms with Crippen LogP contribution in [0.5, 0.6) is 5.75 Å². The van der Waals surface area contributed by atoms with Gasteiger partial charge in [0.25, 0.3) is 0 Å². The van der Waals surface area contributed by atoms with E-state index in [0.29, 0.717) is 10.6 Å². The van der Waals surface area contributed by atoms with E-state index in [2.05, 4.69) is 10.6 Å². The molecule has 3 N–H and O–H groups in total. The van der Waals surface area contributed by atoms with Crippen LogP contribution < -0.4 is 10.6 Å². The number of hydrogen-bond donors (Lipinski definition) is 3. The third kappa shape index (κ3) is 1.85. The lowest BCUT2D eigenvalue weighted by atomic mass is 10.1. The molecular weight excluding hydrogens is 271 g/mol. The van der Waals surface area contributed by atoms with Gasteiger partial charge in [-0.1, -0.05) is 35.3 Å². The fourth-order valence-electron chi connectivity index (χ4n) is 2.04. The fourth-order valence-corrected chi connectivity index (χ4v) is 2.55. The molecule has 0 atom stereocenters. The summed E-state index contributed by atoms with van der Waals surface area (Å²) in [5.41, 5.74) is 2.60. The van der Waals surface area contributed by atoms with Gasteiger partial charge in [-0.3, -0.25) is 0 Å². The highest BCUT2D eigenvalue weighted by Gasteiger charge is 2.24. The van der Waals surface area contributed by atoms with E-state index in [9.17, 15) is 5.11 Å². The van der Waals surface area contributed by atoms with Crippen molar-refractivity contribution in [2.75, 3.05) is 10.6 Å². The van der Waals surface area contributed by atoms with Crippen LogP contribution in [0.3, 0.4) is 0 Å². The molecule has 92 valence electrons. The first-order chi connectivity index (χ1) is 8.65. The zero-order valence-electron chi connectivity index (χ0n) is 9.24. The minimum atomic E-state index is -0.237. The van der Waals surface area contributed by atoms with Gasteiger partial charge >= 0.3 is 0 Å². The van der Waals surface area contributed by atoms with E-state index in [1.807, 2.05) is 24.3 Å². The minimum Gasteiger partial charge on any atom is -0.506 e. The maximum absolute atomic E-state index is 9.99. The van der Waals surface area contributed by atoms with E-state index < -0.39 is 0 Å². The molecule has 0 bridgehead atoms. The van der Waals surface area contributed by atoms with Gasteiger partial charge in [0.1, 0.15) is 11.9 Å². The zero-order chi connectivity index (χ0) is 12.7. The van der Waals surface area contributed by atoms with Crippen molar-refractivity contribution in [2.24, 2.45) is 0 Å². The molecule has 1 aliphatic heterocycles. The number of phenolic OH excluding ortho intramolecular Hbond substituents is 1. The predicted molar refractivity (Wildman–Crippen MR) is 74.6 cm³/mol. The van der Waals surface area contributed by atoms with Crippen LogP contribution in [-0.4, -0.2) is 5.11 Å². The number of fused-ring (bicyclic) bond motifs is 1. The Balaban J connectivity index is 2.00. The Bertz CT molecular complexity index is 591. The SMILES string of the molecule is Oc1c(Cl)cc(Cl)cc1C1Nc2ccccc2N1. The quantitative estimate of drug-likeness (QED) is 0.732. The molecule has 0 unspecified atom stereocenters.